The Kier molecular flexibility index (Phi) is 2.83. The molecule has 1 unspecified atom stereocenters. The Bertz CT molecular complexity index is 384. The highest BCUT2D eigenvalue weighted by Crippen LogP contribution is 2.45. The van der Waals surface area contributed by atoms with Crippen LogP contribution in [0.25, 0.3) is 0 Å². The van der Waals surface area contributed by atoms with E-state index in [0.29, 0.717) is 11.3 Å². The minimum atomic E-state index is 0.338. The van der Waals surface area contributed by atoms with Gasteiger partial charge in [0.2, 0.25) is 0 Å². The normalized spacial score (nSPS) is 19.1. The van der Waals surface area contributed by atoms with Crippen LogP contribution in [0.15, 0.2) is 18.2 Å². The zero-order valence-electron chi connectivity index (χ0n) is 10.6. The molecule has 0 saturated heterocycles. The van der Waals surface area contributed by atoms with Gasteiger partial charge in [0, 0.05) is 18.2 Å². The summed E-state index contributed by atoms with van der Waals surface area (Å²) in [6.07, 6.45) is 1.19. The van der Waals surface area contributed by atoms with Crippen molar-refractivity contribution in [3.05, 3.63) is 23.8 Å². The van der Waals surface area contributed by atoms with Crippen LogP contribution in [0.1, 0.15) is 38.7 Å². The fourth-order valence-electron chi connectivity index (χ4n) is 2.38. The number of anilines is 1. The van der Waals surface area contributed by atoms with Gasteiger partial charge in [-0.1, -0.05) is 27.2 Å². The van der Waals surface area contributed by atoms with Gasteiger partial charge in [-0.25, -0.2) is 0 Å². The van der Waals surface area contributed by atoms with E-state index in [-0.39, 0.29) is 0 Å². The van der Waals surface area contributed by atoms with E-state index in [2.05, 4.69) is 38.2 Å². The first kappa shape index (κ1) is 11.3. The van der Waals surface area contributed by atoms with Crippen molar-refractivity contribution in [3.8, 4) is 5.75 Å². The summed E-state index contributed by atoms with van der Waals surface area (Å²) in [5, 5.41) is 3.49. The van der Waals surface area contributed by atoms with Crippen LogP contribution in [-0.4, -0.2) is 13.7 Å². The molecule has 2 rings (SSSR count). The van der Waals surface area contributed by atoms with E-state index in [1.807, 2.05) is 6.07 Å². The average molecular weight is 219 g/mol. The van der Waals surface area contributed by atoms with Gasteiger partial charge in [0.05, 0.1) is 7.11 Å². The summed E-state index contributed by atoms with van der Waals surface area (Å²) in [6, 6.07) is 6.32. The standard InChI is InChI=1S/C14H21NO/c1-5-14(2,3)12-9-15-13-7-6-10(16-4)8-11(12)13/h6-8,12,15H,5,9H2,1-4H3. The third-order valence-electron chi connectivity index (χ3n) is 3.99. The van der Waals surface area contributed by atoms with Crippen LogP contribution in [0.2, 0.25) is 0 Å². The molecular formula is C14H21NO. The molecule has 0 bridgehead atoms. The lowest BCUT2D eigenvalue weighted by Crippen LogP contribution is -2.22. The van der Waals surface area contributed by atoms with E-state index >= 15 is 0 Å². The van der Waals surface area contributed by atoms with Crippen LogP contribution in [0, 0.1) is 5.41 Å². The lowest BCUT2D eigenvalue weighted by Gasteiger charge is -2.30. The van der Waals surface area contributed by atoms with Crippen LogP contribution in [-0.2, 0) is 0 Å². The van der Waals surface area contributed by atoms with E-state index in [1.54, 1.807) is 7.11 Å². The number of benzene rings is 1. The molecule has 1 heterocycles. The summed E-state index contributed by atoms with van der Waals surface area (Å²) in [6.45, 7) is 7.99. The SMILES string of the molecule is CCC(C)(C)C1CNc2ccc(OC)cc21. The third-order valence-corrected chi connectivity index (χ3v) is 3.99. The second kappa shape index (κ2) is 4.00. The molecule has 1 aliphatic heterocycles. The highest BCUT2D eigenvalue weighted by molar-refractivity contribution is 5.60. The zero-order chi connectivity index (χ0) is 11.8. The van der Waals surface area contributed by atoms with E-state index in [0.717, 1.165) is 12.3 Å². The Balaban J connectivity index is 2.38. The molecule has 0 spiro atoms. The maximum atomic E-state index is 5.31. The minimum Gasteiger partial charge on any atom is -0.497 e. The Morgan fingerprint density at radius 1 is 1.44 bits per heavy atom. The van der Waals surface area contributed by atoms with E-state index in [1.165, 1.54) is 17.7 Å². The van der Waals surface area contributed by atoms with Gasteiger partial charge in [0.15, 0.2) is 0 Å². The molecule has 2 heteroatoms. The third kappa shape index (κ3) is 1.77. The second-order valence-electron chi connectivity index (χ2n) is 5.23. The molecule has 88 valence electrons. The Morgan fingerprint density at radius 2 is 2.19 bits per heavy atom. The topological polar surface area (TPSA) is 21.3 Å². The summed E-state index contributed by atoms with van der Waals surface area (Å²) in [4.78, 5) is 0. The quantitative estimate of drug-likeness (QED) is 0.838. The van der Waals surface area contributed by atoms with Crippen LogP contribution in [0.4, 0.5) is 5.69 Å². The monoisotopic (exact) mass is 219 g/mol. The Hall–Kier alpha value is -1.18. The molecule has 0 aliphatic carbocycles. The van der Waals surface area contributed by atoms with Crippen LogP contribution in [0.5, 0.6) is 5.75 Å². The number of ether oxygens (including phenoxy) is 1. The maximum absolute atomic E-state index is 5.31. The fraction of sp³-hybridized carbons (Fsp3) is 0.571. The van der Waals surface area contributed by atoms with Gasteiger partial charge in [0.1, 0.15) is 5.75 Å². The van der Waals surface area contributed by atoms with Crippen molar-refractivity contribution in [1.29, 1.82) is 0 Å². The van der Waals surface area contributed by atoms with Crippen molar-refractivity contribution >= 4 is 5.69 Å². The first-order chi connectivity index (χ1) is 7.58. The minimum absolute atomic E-state index is 0.338. The predicted octanol–water partition coefficient (Wildman–Crippen LogP) is 3.64. The lowest BCUT2D eigenvalue weighted by molar-refractivity contribution is 0.288. The van der Waals surface area contributed by atoms with Crippen molar-refractivity contribution in [2.24, 2.45) is 5.41 Å². The molecule has 0 radical (unpaired) electrons. The van der Waals surface area contributed by atoms with Crippen LogP contribution >= 0.6 is 0 Å². The summed E-state index contributed by atoms with van der Waals surface area (Å²) in [7, 11) is 1.73. The maximum Gasteiger partial charge on any atom is 0.119 e. The van der Waals surface area contributed by atoms with Crippen molar-refractivity contribution < 1.29 is 4.74 Å². The number of hydrogen-bond acceptors (Lipinski definition) is 2. The summed E-state index contributed by atoms with van der Waals surface area (Å²) < 4.78 is 5.31. The summed E-state index contributed by atoms with van der Waals surface area (Å²) in [5.74, 6) is 1.54. The predicted molar refractivity (Wildman–Crippen MR) is 68.3 cm³/mol. The molecule has 16 heavy (non-hydrogen) atoms. The molecular weight excluding hydrogens is 198 g/mol. The summed E-state index contributed by atoms with van der Waals surface area (Å²) in [5.41, 5.74) is 3.02. The highest BCUT2D eigenvalue weighted by Gasteiger charge is 2.34. The Labute approximate surface area is 98.0 Å². The zero-order valence-corrected chi connectivity index (χ0v) is 10.6. The molecule has 1 N–H and O–H groups in total. The van der Waals surface area contributed by atoms with Gasteiger partial charge in [-0.3, -0.25) is 0 Å². The van der Waals surface area contributed by atoms with E-state index in [4.69, 9.17) is 4.74 Å². The summed E-state index contributed by atoms with van der Waals surface area (Å²) >= 11 is 0. The molecule has 0 saturated carbocycles. The smallest absolute Gasteiger partial charge is 0.119 e. The second-order valence-corrected chi connectivity index (χ2v) is 5.23. The average Bonchev–Trinajstić information content (AvgIpc) is 2.72. The van der Waals surface area contributed by atoms with Crippen LogP contribution < -0.4 is 10.1 Å². The van der Waals surface area contributed by atoms with Gasteiger partial charge < -0.3 is 10.1 Å². The number of fused-ring (bicyclic) bond motifs is 1. The Morgan fingerprint density at radius 3 is 2.81 bits per heavy atom. The molecule has 0 fully saturated rings. The van der Waals surface area contributed by atoms with Crippen molar-refractivity contribution in [3.63, 3.8) is 0 Å². The van der Waals surface area contributed by atoms with Gasteiger partial charge >= 0.3 is 0 Å². The van der Waals surface area contributed by atoms with Crippen molar-refractivity contribution in [1.82, 2.24) is 0 Å². The largest absolute Gasteiger partial charge is 0.497 e. The number of methoxy groups -OCH3 is 1. The number of hydrogen-bond donors (Lipinski definition) is 1. The molecule has 0 aromatic heterocycles. The molecule has 1 aromatic carbocycles. The van der Waals surface area contributed by atoms with E-state index < -0.39 is 0 Å². The van der Waals surface area contributed by atoms with Crippen molar-refractivity contribution in [2.45, 2.75) is 33.1 Å². The fourth-order valence-corrected chi connectivity index (χ4v) is 2.38. The van der Waals surface area contributed by atoms with Crippen LogP contribution in [0.3, 0.4) is 0 Å². The number of nitrogens with one attached hydrogen (secondary N) is 1. The first-order valence-corrected chi connectivity index (χ1v) is 6.00. The number of rotatable bonds is 3. The van der Waals surface area contributed by atoms with Gasteiger partial charge in [-0.15, -0.1) is 0 Å². The van der Waals surface area contributed by atoms with E-state index in [9.17, 15) is 0 Å². The van der Waals surface area contributed by atoms with Crippen molar-refractivity contribution in [2.75, 3.05) is 19.0 Å². The first-order valence-electron chi connectivity index (χ1n) is 6.00. The highest BCUT2D eigenvalue weighted by atomic mass is 16.5. The van der Waals surface area contributed by atoms with Gasteiger partial charge in [-0.05, 0) is 29.2 Å². The lowest BCUT2D eigenvalue weighted by atomic mass is 9.74. The molecule has 1 aromatic rings. The molecule has 1 atom stereocenters. The van der Waals surface area contributed by atoms with Gasteiger partial charge in [0.25, 0.3) is 0 Å². The molecule has 1 aliphatic rings. The molecule has 2 nitrogen and oxygen atoms in total. The molecule has 0 amide bonds. The van der Waals surface area contributed by atoms with Gasteiger partial charge in [-0.2, -0.15) is 0 Å².